The molecule has 0 bridgehead atoms. The minimum Gasteiger partial charge on any atom is -0.545 e. The maximum atomic E-state index is 13.2. The second kappa shape index (κ2) is 16.2. The van der Waals surface area contributed by atoms with Crippen LogP contribution in [0.25, 0.3) is 0 Å². The Bertz CT molecular complexity index is 1860. The fraction of sp³-hybridized carbons (Fsp3) is 0.226. The normalized spacial score (nSPS) is 17.2. The summed E-state index contributed by atoms with van der Waals surface area (Å²) in [5.74, 6) is -4.03. The molecule has 15 nitrogen and oxygen atoms in total. The van der Waals surface area contributed by atoms with Gasteiger partial charge in [-0.2, -0.15) is 0 Å². The number of carboxylic acids is 2. The Morgan fingerprint density at radius 3 is 2.45 bits per heavy atom. The number of pyridine rings is 1. The SMILES string of the molecule is CC(C)O/N=C(\C(=O)N[C@@H]1C(=O)N2C(C(=O)O)=C(/C=C/C[n+]3ccc(NC(=O)c4ccc(C(=O)[O-])cc4)cc3)CS[C@H]12)c1csc(N)n1.[Na+]. The third-order valence-electron chi connectivity index (χ3n) is 6.99. The van der Waals surface area contributed by atoms with Crippen LogP contribution < -0.4 is 55.6 Å². The number of hydrogen-bond acceptors (Lipinski definition) is 12. The van der Waals surface area contributed by atoms with Gasteiger partial charge >= 0.3 is 35.5 Å². The zero-order chi connectivity index (χ0) is 34.5. The zero-order valence-electron chi connectivity index (χ0n) is 26.5. The number of thioether (sulfide) groups is 1. The number of thiazole rings is 1. The number of nitrogen functional groups attached to an aromatic ring is 1. The van der Waals surface area contributed by atoms with E-state index in [1.807, 2.05) is 0 Å². The van der Waals surface area contributed by atoms with Gasteiger partial charge in [0.2, 0.25) is 0 Å². The summed E-state index contributed by atoms with van der Waals surface area (Å²) in [6.07, 6.45) is 6.50. The first kappa shape index (κ1) is 37.3. The molecule has 49 heavy (non-hydrogen) atoms. The van der Waals surface area contributed by atoms with Gasteiger partial charge in [-0.1, -0.05) is 23.4 Å². The number of rotatable bonds is 12. The van der Waals surface area contributed by atoms with Crippen LogP contribution >= 0.6 is 23.1 Å². The van der Waals surface area contributed by atoms with Gasteiger partial charge < -0.3 is 36.2 Å². The molecule has 0 unspecified atom stereocenters. The number of amides is 3. The van der Waals surface area contributed by atoms with E-state index in [-0.39, 0.29) is 74.8 Å². The maximum Gasteiger partial charge on any atom is 1.00 e. The van der Waals surface area contributed by atoms with E-state index >= 15 is 0 Å². The number of oxime groups is 1. The van der Waals surface area contributed by atoms with Crippen molar-refractivity contribution in [2.24, 2.45) is 5.16 Å². The molecule has 0 radical (unpaired) electrons. The number of allylic oxidation sites excluding steroid dienone is 2. The number of carbonyl (C=O) groups is 5. The molecule has 5 rings (SSSR count). The second-order valence-electron chi connectivity index (χ2n) is 10.7. The number of aromatic carboxylic acids is 1. The molecule has 248 valence electrons. The molecule has 2 aromatic heterocycles. The summed E-state index contributed by atoms with van der Waals surface area (Å²) in [6.45, 7) is 3.82. The Morgan fingerprint density at radius 2 is 1.86 bits per heavy atom. The van der Waals surface area contributed by atoms with Crippen molar-refractivity contribution in [1.82, 2.24) is 15.2 Å². The molecule has 4 heterocycles. The van der Waals surface area contributed by atoms with Crippen molar-refractivity contribution in [3.63, 3.8) is 0 Å². The Balaban J connectivity index is 0.00000541. The van der Waals surface area contributed by atoms with Crippen LogP contribution in [-0.4, -0.2) is 73.6 Å². The molecule has 0 saturated carbocycles. The average molecular weight is 715 g/mol. The van der Waals surface area contributed by atoms with E-state index in [0.717, 1.165) is 11.3 Å². The number of aromatic nitrogens is 2. The maximum absolute atomic E-state index is 13.2. The number of aliphatic carboxylic acids is 1. The van der Waals surface area contributed by atoms with E-state index in [1.165, 1.54) is 40.9 Å². The molecule has 5 N–H and O–H groups in total. The number of β-lactam (4-membered cyclic amide) rings is 1. The minimum absolute atomic E-state index is 0. The molecule has 2 aliphatic rings. The van der Waals surface area contributed by atoms with E-state index in [4.69, 9.17) is 10.6 Å². The number of carbonyl (C=O) groups excluding carboxylic acids is 4. The van der Waals surface area contributed by atoms with E-state index in [9.17, 15) is 34.2 Å². The molecular weight excluding hydrogens is 686 g/mol. The van der Waals surface area contributed by atoms with Crippen LogP contribution in [0.2, 0.25) is 0 Å². The summed E-state index contributed by atoms with van der Waals surface area (Å²) >= 11 is 2.43. The molecule has 1 aromatic carbocycles. The van der Waals surface area contributed by atoms with E-state index in [1.54, 1.807) is 60.5 Å². The number of nitrogens with zero attached hydrogens (tertiary/aromatic N) is 4. The summed E-state index contributed by atoms with van der Waals surface area (Å²) in [6, 6.07) is 7.71. The predicted octanol–water partition coefficient (Wildman–Crippen LogP) is -2.24. The number of carboxylic acid groups (broad SMARTS) is 2. The van der Waals surface area contributed by atoms with Gasteiger partial charge in [0.1, 0.15) is 28.9 Å². The molecule has 18 heteroatoms. The Hall–Kier alpha value is -4.55. The van der Waals surface area contributed by atoms with Gasteiger partial charge in [0, 0.05) is 28.8 Å². The molecule has 1 fully saturated rings. The fourth-order valence-electron chi connectivity index (χ4n) is 4.68. The van der Waals surface area contributed by atoms with E-state index < -0.39 is 41.1 Å². The molecule has 2 aliphatic heterocycles. The van der Waals surface area contributed by atoms with Gasteiger partial charge in [0.05, 0.1) is 11.7 Å². The molecule has 1 saturated heterocycles. The van der Waals surface area contributed by atoms with Gasteiger partial charge in [0.25, 0.3) is 17.7 Å². The van der Waals surface area contributed by atoms with Crippen LogP contribution in [0.15, 0.2) is 82.7 Å². The van der Waals surface area contributed by atoms with Crippen LogP contribution in [0.4, 0.5) is 10.8 Å². The van der Waals surface area contributed by atoms with Crippen molar-refractivity contribution in [1.29, 1.82) is 0 Å². The molecular formula is C31H29N7NaO8S2+. The van der Waals surface area contributed by atoms with Crippen LogP contribution in [-0.2, 0) is 25.8 Å². The fourth-order valence-corrected chi connectivity index (χ4v) is 6.55. The first-order chi connectivity index (χ1) is 22.9. The first-order valence-corrected chi connectivity index (χ1v) is 16.3. The predicted molar refractivity (Wildman–Crippen MR) is 173 cm³/mol. The quantitative estimate of drug-likeness (QED) is 0.0517. The van der Waals surface area contributed by atoms with E-state index in [0.29, 0.717) is 17.8 Å². The number of benzene rings is 1. The molecule has 2 atom stereocenters. The van der Waals surface area contributed by atoms with Crippen LogP contribution in [0.1, 0.15) is 40.3 Å². The molecule has 0 spiro atoms. The Morgan fingerprint density at radius 1 is 1.18 bits per heavy atom. The minimum atomic E-state index is -1.33. The summed E-state index contributed by atoms with van der Waals surface area (Å²) in [5.41, 5.74) is 6.78. The van der Waals surface area contributed by atoms with Gasteiger partial charge in [-0.3, -0.25) is 19.3 Å². The van der Waals surface area contributed by atoms with Crippen molar-refractivity contribution in [3.05, 3.63) is 94.4 Å². The number of fused-ring (bicyclic) bond motifs is 1. The van der Waals surface area contributed by atoms with Crippen molar-refractivity contribution < 1.29 is 73.1 Å². The van der Waals surface area contributed by atoms with Crippen molar-refractivity contribution in [3.8, 4) is 0 Å². The number of anilines is 2. The van der Waals surface area contributed by atoms with Crippen molar-refractivity contribution in [2.75, 3.05) is 16.8 Å². The van der Waals surface area contributed by atoms with Crippen LogP contribution in [0.5, 0.6) is 0 Å². The third kappa shape index (κ3) is 8.73. The monoisotopic (exact) mass is 714 g/mol. The Labute approximate surface area is 310 Å². The molecule has 0 aliphatic carbocycles. The number of nitrogens with two attached hydrogens (primary N) is 1. The summed E-state index contributed by atoms with van der Waals surface area (Å²) in [7, 11) is 0. The third-order valence-corrected chi connectivity index (χ3v) is 8.96. The summed E-state index contributed by atoms with van der Waals surface area (Å²) in [4.78, 5) is 72.5. The van der Waals surface area contributed by atoms with Crippen molar-refractivity contribution in [2.45, 2.75) is 37.9 Å². The first-order valence-electron chi connectivity index (χ1n) is 14.4. The van der Waals surface area contributed by atoms with E-state index in [2.05, 4.69) is 20.8 Å². The van der Waals surface area contributed by atoms with Gasteiger partial charge in [-0.25, -0.2) is 14.3 Å². The number of hydrogen-bond donors (Lipinski definition) is 4. The standard InChI is InChI=1S/C31H29N7O8S2.Na/c1-16(2)46-36-22(21-15-48-31(32)34-21)26(40)35-23-27(41)38-24(30(44)45)19(14-47-28(23)38)4-3-11-37-12-9-20(10-13-37)33-25(39)17-5-7-18(8-6-17)29(42)43;/h3-10,12-13,15-16,23,28H,11,14H2,1-2H3,(H5,32,34,35,40,42,43,44,45);/q;+1/b4-3+,36-22-;/t23-,28-;/m1./s1. The molecule has 3 amide bonds. The molecule has 3 aromatic rings. The Kier molecular flexibility index (Phi) is 12.3. The summed E-state index contributed by atoms with van der Waals surface area (Å²) in [5, 5.41) is 31.3. The van der Waals surface area contributed by atoms with Gasteiger partial charge in [0.15, 0.2) is 29.8 Å². The summed E-state index contributed by atoms with van der Waals surface area (Å²) < 4.78 is 1.79. The average Bonchev–Trinajstić information content (AvgIpc) is 3.49. The largest absolute Gasteiger partial charge is 1.00 e. The van der Waals surface area contributed by atoms with Gasteiger partial charge in [-0.15, -0.1) is 23.1 Å². The van der Waals surface area contributed by atoms with Gasteiger partial charge in [-0.05, 0) is 43.2 Å². The van der Waals surface area contributed by atoms with Crippen LogP contribution in [0.3, 0.4) is 0 Å². The van der Waals surface area contributed by atoms with Crippen LogP contribution in [0, 0.1) is 0 Å². The second-order valence-corrected chi connectivity index (χ2v) is 12.7. The number of nitrogens with one attached hydrogen (secondary N) is 2. The zero-order valence-corrected chi connectivity index (χ0v) is 30.1. The smallest absolute Gasteiger partial charge is 0.545 e. The topological polar surface area (TPSA) is 220 Å². The van der Waals surface area contributed by atoms with Crippen molar-refractivity contribution >= 4 is 69.3 Å².